The molecule has 0 N–H and O–H groups in total. The van der Waals surface area contributed by atoms with Crippen molar-refractivity contribution >= 4 is 10.9 Å². The van der Waals surface area contributed by atoms with E-state index in [0.29, 0.717) is 48.6 Å². The minimum absolute atomic E-state index is 0.0314. The normalized spacial score (nSPS) is 14.7. The number of rotatable bonds is 8. The largest absolute Gasteiger partial charge is 0.493 e. The van der Waals surface area contributed by atoms with Crippen LogP contribution in [-0.2, 0) is 11.3 Å². The fourth-order valence-electron chi connectivity index (χ4n) is 4.33. The molecule has 2 aromatic carbocycles. The van der Waals surface area contributed by atoms with Gasteiger partial charge in [0.2, 0.25) is 0 Å². The van der Waals surface area contributed by atoms with Gasteiger partial charge in [-0.25, -0.2) is 4.79 Å². The standard InChI is InChI=1S/C25H27F3N2O6/c1-33-21-6-3-16(13-22(21)34-2)15-29-23(31)19-14-18(36-12-9-25(26,27)28)4-5-20(19)30(24(29)32)17-7-10-35-11-8-17/h3-6,13-14,17H,7-12,15H2,1-2H3. The van der Waals surface area contributed by atoms with Crippen molar-refractivity contribution in [3.05, 3.63) is 62.8 Å². The molecule has 1 fully saturated rings. The second kappa shape index (κ2) is 10.7. The molecule has 0 aliphatic carbocycles. The number of hydrogen-bond donors (Lipinski definition) is 0. The van der Waals surface area contributed by atoms with Crippen LogP contribution in [-0.4, -0.2) is 49.4 Å². The molecular formula is C25H27F3N2O6. The molecule has 1 saturated heterocycles. The van der Waals surface area contributed by atoms with E-state index in [1.807, 2.05) is 0 Å². The molecular weight excluding hydrogens is 481 g/mol. The van der Waals surface area contributed by atoms with E-state index in [0.717, 1.165) is 4.57 Å². The lowest BCUT2D eigenvalue weighted by molar-refractivity contribution is -0.139. The average Bonchev–Trinajstić information content (AvgIpc) is 2.86. The van der Waals surface area contributed by atoms with Crippen molar-refractivity contribution in [3.8, 4) is 17.2 Å². The summed E-state index contributed by atoms with van der Waals surface area (Å²) in [5, 5.41) is 0.186. The summed E-state index contributed by atoms with van der Waals surface area (Å²) in [7, 11) is 2.99. The summed E-state index contributed by atoms with van der Waals surface area (Å²) >= 11 is 0. The Morgan fingerprint density at radius 2 is 1.72 bits per heavy atom. The fraction of sp³-hybridized carbons (Fsp3) is 0.440. The zero-order valence-corrected chi connectivity index (χ0v) is 20.0. The van der Waals surface area contributed by atoms with Crippen LogP contribution in [0.4, 0.5) is 13.2 Å². The maximum absolute atomic E-state index is 13.6. The van der Waals surface area contributed by atoms with Crippen LogP contribution in [0.25, 0.3) is 10.9 Å². The molecule has 3 aromatic rings. The lowest BCUT2D eigenvalue weighted by atomic mass is 10.1. The maximum Gasteiger partial charge on any atom is 0.392 e. The van der Waals surface area contributed by atoms with Crippen LogP contribution in [0.2, 0.25) is 0 Å². The van der Waals surface area contributed by atoms with Crippen molar-refractivity contribution in [3.63, 3.8) is 0 Å². The first kappa shape index (κ1) is 25.6. The summed E-state index contributed by atoms with van der Waals surface area (Å²) in [6, 6.07) is 9.34. The van der Waals surface area contributed by atoms with Crippen LogP contribution < -0.4 is 25.5 Å². The van der Waals surface area contributed by atoms with Crippen molar-refractivity contribution < 1.29 is 32.1 Å². The van der Waals surface area contributed by atoms with Gasteiger partial charge in [-0.05, 0) is 48.7 Å². The zero-order chi connectivity index (χ0) is 25.9. The lowest BCUT2D eigenvalue weighted by Crippen LogP contribution is -2.42. The molecule has 11 heteroatoms. The average molecular weight is 508 g/mol. The first-order chi connectivity index (χ1) is 17.2. The van der Waals surface area contributed by atoms with Gasteiger partial charge in [0, 0.05) is 19.3 Å². The number of nitrogens with zero attached hydrogens (tertiary/aromatic N) is 2. The molecule has 1 aliphatic heterocycles. The third-order valence-electron chi connectivity index (χ3n) is 6.14. The van der Waals surface area contributed by atoms with Crippen molar-refractivity contribution in [1.29, 1.82) is 0 Å². The summed E-state index contributed by atoms with van der Waals surface area (Å²) in [5.41, 5.74) is 0.0141. The Morgan fingerprint density at radius 3 is 2.39 bits per heavy atom. The van der Waals surface area contributed by atoms with E-state index >= 15 is 0 Å². The van der Waals surface area contributed by atoms with E-state index in [4.69, 9.17) is 18.9 Å². The lowest BCUT2D eigenvalue weighted by Gasteiger charge is -2.26. The first-order valence-electron chi connectivity index (χ1n) is 11.5. The highest BCUT2D eigenvalue weighted by Crippen LogP contribution is 2.29. The van der Waals surface area contributed by atoms with Crippen molar-refractivity contribution in [2.45, 2.75) is 38.0 Å². The summed E-state index contributed by atoms with van der Waals surface area (Å²) in [4.78, 5) is 27.1. The topological polar surface area (TPSA) is 80.9 Å². The van der Waals surface area contributed by atoms with Gasteiger partial charge in [0.05, 0.1) is 44.7 Å². The molecule has 4 rings (SSSR count). The Balaban J connectivity index is 1.81. The molecule has 0 saturated carbocycles. The zero-order valence-electron chi connectivity index (χ0n) is 20.0. The minimum atomic E-state index is -4.35. The molecule has 194 valence electrons. The van der Waals surface area contributed by atoms with Crippen molar-refractivity contribution in [2.75, 3.05) is 34.0 Å². The molecule has 1 aliphatic rings. The Morgan fingerprint density at radius 1 is 1.00 bits per heavy atom. The first-order valence-corrected chi connectivity index (χ1v) is 11.5. The third-order valence-corrected chi connectivity index (χ3v) is 6.14. The summed E-state index contributed by atoms with van der Waals surface area (Å²) in [5.74, 6) is 1.08. The van der Waals surface area contributed by atoms with Gasteiger partial charge in [-0.2, -0.15) is 13.2 Å². The highest BCUT2D eigenvalue weighted by Gasteiger charge is 2.27. The Labute approximate surface area is 204 Å². The van der Waals surface area contributed by atoms with Gasteiger partial charge in [0.25, 0.3) is 5.56 Å². The Bertz CT molecular complexity index is 1340. The molecule has 2 heterocycles. The number of hydrogen-bond acceptors (Lipinski definition) is 6. The molecule has 0 radical (unpaired) electrons. The summed E-state index contributed by atoms with van der Waals surface area (Å²) < 4.78 is 61.6. The highest BCUT2D eigenvalue weighted by molar-refractivity contribution is 5.80. The van der Waals surface area contributed by atoms with Crippen LogP contribution in [0.5, 0.6) is 17.2 Å². The van der Waals surface area contributed by atoms with E-state index in [-0.39, 0.29) is 23.7 Å². The highest BCUT2D eigenvalue weighted by atomic mass is 19.4. The second-order valence-corrected chi connectivity index (χ2v) is 8.47. The second-order valence-electron chi connectivity index (χ2n) is 8.47. The quantitative estimate of drug-likeness (QED) is 0.459. The number of alkyl halides is 3. The van der Waals surface area contributed by atoms with E-state index in [2.05, 4.69) is 0 Å². The van der Waals surface area contributed by atoms with Gasteiger partial charge in [-0.1, -0.05) is 6.07 Å². The van der Waals surface area contributed by atoms with Gasteiger partial charge in [0.1, 0.15) is 5.75 Å². The molecule has 0 unspecified atom stereocenters. The molecule has 0 atom stereocenters. The predicted octanol–water partition coefficient (Wildman–Crippen LogP) is 3.91. The number of methoxy groups -OCH3 is 2. The molecule has 36 heavy (non-hydrogen) atoms. The van der Waals surface area contributed by atoms with E-state index in [1.165, 1.54) is 26.4 Å². The molecule has 1 aromatic heterocycles. The summed E-state index contributed by atoms with van der Waals surface area (Å²) in [6.07, 6.45) is -4.29. The number of aromatic nitrogens is 2. The van der Waals surface area contributed by atoms with Gasteiger partial charge < -0.3 is 18.9 Å². The van der Waals surface area contributed by atoms with Crippen LogP contribution in [0, 0.1) is 0 Å². The van der Waals surface area contributed by atoms with Crippen LogP contribution in [0.15, 0.2) is 46.0 Å². The van der Waals surface area contributed by atoms with Crippen LogP contribution in [0.1, 0.15) is 30.9 Å². The minimum Gasteiger partial charge on any atom is -0.493 e. The van der Waals surface area contributed by atoms with E-state index < -0.39 is 30.5 Å². The van der Waals surface area contributed by atoms with E-state index in [1.54, 1.807) is 28.8 Å². The number of benzene rings is 2. The molecule has 0 spiro atoms. The molecule has 0 amide bonds. The van der Waals surface area contributed by atoms with Crippen molar-refractivity contribution in [2.24, 2.45) is 0 Å². The smallest absolute Gasteiger partial charge is 0.392 e. The monoisotopic (exact) mass is 508 g/mol. The fourth-order valence-corrected chi connectivity index (χ4v) is 4.33. The number of fused-ring (bicyclic) bond motifs is 1. The number of ether oxygens (including phenoxy) is 4. The maximum atomic E-state index is 13.6. The van der Waals surface area contributed by atoms with E-state index in [9.17, 15) is 22.8 Å². The van der Waals surface area contributed by atoms with Crippen LogP contribution in [0.3, 0.4) is 0 Å². The Kier molecular flexibility index (Phi) is 7.58. The predicted molar refractivity (Wildman–Crippen MR) is 126 cm³/mol. The van der Waals surface area contributed by atoms with Crippen molar-refractivity contribution in [1.82, 2.24) is 9.13 Å². The summed E-state index contributed by atoms with van der Waals surface area (Å²) in [6.45, 7) is 0.350. The molecule has 0 bridgehead atoms. The van der Waals surface area contributed by atoms with Gasteiger partial charge in [0.15, 0.2) is 11.5 Å². The van der Waals surface area contributed by atoms with Gasteiger partial charge >= 0.3 is 11.9 Å². The Hall–Kier alpha value is -3.47. The van der Waals surface area contributed by atoms with Gasteiger partial charge in [-0.3, -0.25) is 13.9 Å². The number of halogens is 3. The van der Waals surface area contributed by atoms with Gasteiger partial charge in [-0.15, -0.1) is 0 Å². The van der Waals surface area contributed by atoms with Crippen LogP contribution >= 0.6 is 0 Å². The molecule has 8 nitrogen and oxygen atoms in total. The third kappa shape index (κ3) is 5.51. The SMILES string of the molecule is COc1ccc(Cn2c(=O)c3cc(OCCC(F)(F)F)ccc3n(C3CCOCC3)c2=O)cc1OC.